The summed E-state index contributed by atoms with van der Waals surface area (Å²) >= 11 is 1.41. The number of nitrogens with zero attached hydrogens (tertiary/aromatic N) is 1. The van der Waals surface area contributed by atoms with Crippen molar-refractivity contribution in [3.05, 3.63) is 51.0 Å². The summed E-state index contributed by atoms with van der Waals surface area (Å²) in [6.45, 7) is 7.51. The smallest absolute Gasteiger partial charge is 0.165 e. The van der Waals surface area contributed by atoms with Crippen LogP contribution in [0, 0.1) is 18.6 Å². The van der Waals surface area contributed by atoms with Crippen molar-refractivity contribution in [2.45, 2.75) is 39.2 Å². The van der Waals surface area contributed by atoms with E-state index < -0.39 is 17.7 Å². The first-order valence-electron chi connectivity index (χ1n) is 6.30. The quantitative estimate of drug-likeness (QED) is 0.905. The van der Waals surface area contributed by atoms with Crippen LogP contribution in [0.5, 0.6) is 0 Å². The molecule has 2 nitrogen and oxygen atoms in total. The Kier molecular flexibility index (Phi) is 3.93. The molecule has 0 amide bonds. The summed E-state index contributed by atoms with van der Waals surface area (Å²) in [5, 5.41) is 12.7. The highest BCUT2D eigenvalue weighted by atomic mass is 32.1. The third kappa shape index (κ3) is 2.74. The van der Waals surface area contributed by atoms with E-state index in [-0.39, 0.29) is 16.5 Å². The van der Waals surface area contributed by atoms with Crippen molar-refractivity contribution in [1.29, 1.82) is 0 Å². The molecule has 2 rings (SSSR count). The average molecular weight is 297 g/mol. The van der Waals surface area contributed by atoms with E-state index in [2.05, 4.69) is 4.98 Å². The van der Waals surface area contributed by atoms with E-state index in [0.29, 0.717) is 5.69 Å². The molecule has 1 heterocycles. The van der Waals surface area contributed by atoms with E-state index in [1.165, 1.54) is 30.4 Å². The molecule has 1 N–H and O–H groups in total. The predicted molar refractivity (Wildman–Crippen MR) is 76.0 cm³/mol. The van der Waals surface area contributed by atoms with E-state index in [1.54, 1.807) is 5.38 Å². The van der Waals surface area contributed by atoms with Gasteiger partial charge in [0.05, 0.1) is 10.7 Å². The molecule has 0 aliphatic rings. The molecule has 1 unspecified atom stereocenters. The summed E-state index contributed by atoms with van der Waals surface area (Å²) < 4.78 is 27.4. The van der Waals surface area contributed by atoms with Crippen molar-refractivity contribution in [2.75, 3.05) is 0 Å². The van der Waals surface area contributed by atoms with Crippen molar-refractivity contribution in [3.63, 3.8) is 0 Å². The largest absolute Gasteiger partial charge is 0.382 e. The molecule has 0 saturated carbocycles. The Hall–Kier alpha value is -1.33. The molecule has 1 aromatic heterocycles. The molecule has 0 saturated heterocycles. The van der Waals surface area contributed by atoms with Crippen molar-refractivity contribution in [1.82, 2.24) is 4.98 Å². The number of benzene rings is 1. The molecule has 2 aromatic rings. The number of thiazole rings is 1. The summed E-state index contributed by atoms with van der Waals surface area (Å²) in [5.74, 6) is -1.93. The number of hydrogen-bond donors (Lipinski definition) is 1. The van der Waals surface area contributed by atoms with Gasteiger partial charge in [-0.1, -0.05) is 32.9 Å². The first kappa shape index (κ1) is 15.1. The van der Waals surface area contributed by atoms with Gasteiger partial charge in [0.2, 0.25) is 0 Å². The Labute approximate surface area is 121 Å². The molecule has 0 fully saturated rings. The molecule has 20 heavy (non-hydrogen) atoms. The second kappa shape index (κ2) is 5.22. The molecular formula is C15H17F2NOS. The summed E-state index contributed by atoms with van der Waals surface area (Å²) in [7, 11) is 0. The third-order valence-electron chi connectivity index (χ3n) is 3.04. The zero-order valence-corrected chi connectivity index (χ0v) is 12.7. The normalized spacial score (nSPS) is 13.6. The molecule has 0 bridgehead atoms. The van der Waals surface area contributed by atoms with Gasteiger partial charge in [0.1, 0.15) is 6.10 Å². The van der Waals surface area contributed by atoms with Crippen molar-refractivity contribution < 1.29 is 13.9 Å². The molecule has 0 aliphatic heterocycles. The second-order valence-corrected chi connectivity index (χ2v) is 6.69. The fraction of sp³-hybridized carbons (Fsp3) is 0.400. The van der Waals surface area contributed by atoms with Crippen LogP contribution in [0.4, 0.5) is 8.78 Å². The zero-order valence-electron chi connectivity index (χ0n) is 11.9. The lowest BCUT2D eigenvalue weighted by Gasteiger charge is -2.14. The average Bonchev–Trinajstić information content (AvgIpc) is 2.85. The molecule has 0 aliphatic carbocycles. The van der Waals surface area contributed by atoms with Crippen LogP contribution in [0.2, 0.25) is 0 Å². The van der Waals surface area contributed by atoms with Gasteiger partial charge >= 0.3 is 0 Å². The Morgan fingerprint density at radius 1 is 1.20 bits per heavy atom. The number of aromatic nitrogens is 1. The highest BCUT2D eigenvalue weighted by Crippen LogP contribution is 2.31. The van der Waals surface area contributed by atoms with Crippen LogP contribution in [0.1, 0.15) is 48.7 Å². The van der Waals surface area contributed by atoms with E-state index in [1.807, 2.05) is 20.8 Å². The minimum Gasteiger partial charge on any atom is -0.382 e. The lowest BCUT2D eigenvalue weighted by molar-refractivity contribution is 0.208. The van der Waals surface area contributed by atoms with Crippen molar-refractivity contribution in [2.24, 2.45) is 0 Å². The van der Waals surface area contributed by atoms with E-state index >= 15 is 0 Å². The van der Waals surface area contributed by atoms with Crippen LogP contribution in [-0.2, 0) is 5.41 Å². The Morgan fingerprint density at radius 3 is 2.40 bits per heavy atom. The Morgan fingerprint density at radius 2 is 1.85 bits per heavy atom. The van der Waals surface area contributed by atoms with Gasteiger partial charge in [-0.15, -0.1) is 11.3 Å². The fourth-order valence-electron chi connectivity index (χ4n) is 1.79. The van der Waals surface area contributed by atoms with Gasteiger partial charge in [-0.25, -0.2) is 13.8 Å². The Bertz CT molecular complexity index is 631. The monoisotopic (exact) mass is 297 g/mol. The van der Waals surface area contributed by atoms with Crippen LogP contribution in [0.15, 0.2) is 17.5 Å². The topological polar surface area (TPSA) is 33.1 Å². The SMILES string of the molecule is Cc1ccc(C(O)c2csc(C(C)(C)C)n2)c(F)c1F. The molecule has 0 spiro atoms. The Balaban J connectivity index is 2.39. The number of hydrogen-bond acceptors (Lipinski definition) is 3. The summed E-state index contributed by atoms with van der Waals surface area (Å²) in [5.41, 5.74) is 0.340. The van der Waals surface area contributed by atoms with Crippen LogP contribution in [0.25, 0.3) is 0 Å². The van der Waals surface area contributed by atoms with Crippen molar-refractivity contribution >= 4 is 11.3 Å². The van der Waals surface area contributed by atoms with Gasteiger partial charge in [0.25, 0.3) is 0 Å². The second-order valence-electron chi connectivity index (χ2n) is 5.83. The highest BCUT2D eigenvalue weighted by Gasteiger charge is 2.24. The number of aliphatic hydroxyl groups excluding tert-OH is 1. The molecule has 1 aromatic carbocycles. The van der Waals surface area contributed by atoms with Crippen molar-refractivity contribution in [3.8, 4) is 0 Å². The predicted octanol–water partition coefficient (Wildman–Crippen LogP) is 4.11. The van der Waals surface area contributed by atoms with Crippen LogP contribution in [0.3, 0.4) is 0 Å². The fourth-order valence-corrected chi connectivity index (χ4v) is 2.71. The lowest BCUT2D eigenvalue weighted by atomic mass is 9.98. The van der Waals surface area contributed by atoms with Crippen LogP contribution in [-0.4, -0.2) is 10.1 Å². The minimum absolute atomic E-state index is 0.0844. The van der Waals surface area contributed by atoms with E-state index in [0.717, 1.165) is 5.01 Å². The molecule has 108 valence electrons. The maximum Gasteiger partial charge on any atom is 0.165 e. The third-order valence-corrected chi connectivity index (χ3v) is 4.33. The molecule has 5 heteroatoms. The standard InChI is InChI=1S/C15H17F2NOS/c1-8-5-6-9(12(17)11(8)16)13(19)10-7-20-14(18-10)15(2,3)4/h5-7,13,19H,1-4H3. The highest BCUT2D eigenvalue weighted by molar-refractivity contribution is 7.09. The lowest BCUT2D eigenvalue weighted by Crippen LogP contribution is -2.12. The maximum atomic E-state index is 13.9. The number of rotatable bonds is 2. The van der Waals surface area contributed by atoms with Gasteiger partial charge in [-0.2, -0.15) is 0 Å². The van der Waals surface area contributed by atoms with Gasteiger partial charge in [0, 0.05) is 16.4 Å². The summed E-state index contributed by atoms with van der Waals surface area (Å²) in [6, 6.07) is 2.85. The number of aliphatic hydroxyl groups is 1. The first-order chi connectivity index (χ1) is 9.21. The minimum atomic E-state index is -1.25. The number of aryl methyl sites for hydroxylation is 1. The molecule has 1 atom stereocenters. The van der Waals surface area contributed by atoms with E-state index in [4.69, 9.17) is 0 Å². The van der Waals surface area contributed by atoms with Gasteiger partial charge < -0.3 is 5.11 Å². The zero-order chi connectivity index (χ0) is 15.1. The van der Waals surface area contributed by atoms with Crippen LogP contribution >= 0.6 is 11.3 Å². The summed E-state index contributed by atoms with van der Waals surface area (Å²) in [6.07, 6.45) is -1.25. The van der Waals surface area contributed by atoms with Gasteiger partial charge in [0.15, 0.2) is 11.6 Å². The van der Waals surface area contributed by atoms with Gasteiger partial charge in [-0.3, -0.25) is 0 Å². The maximum absolute atomic E-state index is 13.9. The first-order valence-corrected chi connectivity index (χ1v) is 7.18. The van der Waals surface area contributed by atoms with E-state index in [9.17, 15) is 13.9 Å². The van der Waals surface area contributed by atoms with Crippen LogP contribution < -0.4 is 0 Å². The molecule has 0 radical (unpaired) electrons. The van der Waals surface area contributed by atoms with Gasteiger partial charge in [-0.05, 0) is 12.5 Å². The number of halogens is 2. The molecular weight excluding hydrogens is 280 g/mol. The summed E-state index contributed by atoms with van der Waals surface area (Å²) in [4.78, 5) is 4.33.